The Kier molecular flexibility index (Phi) is 4.15. The standard InChI is InChI=1S/C9H14N2O4S/c1-3-6-11(7-8-4-5-8)16(13,14)10-9(12)15-2/h1,8H,4-7H2,2H3,(H,10,12). The molecule has 0 bridgehead atoms. The van der Waals surface area contributed by atoms with Gasteiger partial charge in [-0.25, -0.2) is 9.52 Å². The summed E-state index contributed by atoms with van der Waals surface area (Å²) in [5.74, 6) is 2.60. The number of carbonyl (C=O) groups is 1. The van der Waals surface area contributed by atoms with E-state index in [2.05, 4.69) is 10.7 Å². The van der Waals surface area contributed by atoms with Crippen LogP contribution in [-0.4, -0.2) is 39.0 Å². The Balaban J connectivity index is 2.66. The molecular weight excluding hydrogens is 232 g/mol. The number of amides is 1. The Labute approximate surface area is 95.1 Å². The van der Waals surface area contributed by atoms with Crippen molar-refractivity contribution in [3.8, 4) is 12.3 Å². The van der Waals surface area contributed by atoms with E-state index in [0.29, 0.717) is 12.5 Å². The molecule has 6 nitrogen and oxygen atoms in total. The molecule has 1 aliphatic carbocycles. The first kappa shape index (κ1) is 12.8. The van der Waals surface area contributed by atoms with E-state index in [1.54, 1.807) is 4.72 Å². The summed E-state index contributed by atoms with van der Waals surface area (Å²) in [6, 6.07) is 0. The van der Waals surface area contributed by atoms with E-state index < -0.39 is 16.3 Å². The Morgan fingerprint density at radius 3 is 2.69 bits per heavy atom. The normalized spacial score (nSPS) is 15.6. The highest BCUT2D eigenvalue weighted by Gasteiger charge is 2.31. The molecular formula is C9H14N2O4S. The molecule has 0 unspecified atom stereocenters. The van der Waals surface area contributed by atoms with Crippen molar-refractivity contribution in [2.45, 2.75) is 12.8 Å². The van der Waals surface area contributed by atoms with Gasteiger partial charge in [-0.15, -0.1) is 6.42 Å². The molecule has 0 aromatic carbocycles. The lowest BCUT2D eigenvalue weighted by Gasteiger charge is -2.19. The van der Waals surface area contributed by atoms with Crippen LogP contribution in [0, 0.1) is 18.3 Å². The van der Waals surface area contributed by atoms with Crippen molar-refractivity contribution in [1.82, 2.24) is 9.03 Å². The van der Waals surface area contributed by atoms with E-state index in [0.717, 1.165) is 24.3 Å². The molecule has 0 radical (unpaired) electrons. The fraction of sp³-hybridized carbons (Fsp3) is 0.667. The van der Waals surface area contributed by atoms with Crippen LogP contribution in [0.2, 0.25) is 0 Å². The topological polar surface area (TPSA) is 75.7 Å². The molecule has 1 amide bonds. The van der Waals surface area contributed by atoms with Crippen LogP contribution in [0.1, 0.15) is 12.8 Å². The number of nitrogens with zero attached hydrogens (tertiary/aromatic N) is 1. The predicted octanol–water partition coefficient (Wildman–Crippen LogP) is -0.0676. The number of terminal acetylenes is 1. The van der Waals surface area contributed by atoms with Crippen LogP contribution in [0.25, 0.3) is 0 Å². The summed E-state index contributed by atoms with van der Waals surface area (Å²) in [6.07, 6.45) is 6.06. The highest BCUT2D eigenvalue weighted by Crippen LogP contribution is 2.30. The second-order valence-corrected chi connectivity index (χ2v) is 5.21. The number of ether oxygens (including phenoxy) is 1. The number of nitrogens with one attached hydrogen (secondary N) is 1. The van der Waals surface area contributed by atoms with E-state index in [4.69, 9.17) is 6.42 Å². The summed E-state index contributed by atoms with van der Waals surface area (Å²) < 4.78 is 30.4. The van der Waals surface area contributed by atoms with Gasteiger partial charge in [0.25, 0.3) is 0 Å². The maximum atomic E-state index is 11.7. The Morgan fingerprint density at radius 1 is 1.62 bits per heavy atom. The molecule has 1 saturated carbocycles. The van der Waals surface area contributed by atoms with Gasteiger partial charge in [-0.05, 0) is 18.8 Å². The average Bonchev–Trinajstić information content (AvgIpc) is 3.00. The van der Waals surface area contributed by atoms with Crippen LogP contribution in [0.15, 0.2) is 0 Å². The number of rotatable bonds is 5. The monoisotopic (exact) mass is 246 g/mol. The minimum absolute atomic E-state index is 0.0528. The lowest BCUT2D eigenvalue weighted by Crippen LogP contribution is -2.44. The van der Waals surface area contributed by atoms with Gasteiger partial charge in [0.1, 0.15) is 0 Å². The zero-order valence-corrected chi connectivity index (χ0v) is 9.79. The van der Waals surface area contributed by atoms with E-state index >= 15 is 0 Å². The van der Waals surface area contributed by atoms with Gasteiger partial charge in [0.05, 0.1) is 13.7 Å². The fourth-order valence-electron chi connectivity index (χ4n) is 1.15. The second kappa shape index (κ2) is 5.18. The van der Waals surface area contributed by atoms with Gasteiger partial charge < -0.3 is 4.74 Å². The minimum atomic E-state index is -3.88. The smallest absolute Gasteiger partial charge is 0.421 e. The maximum absolute atomic E-state index is 11.7. The quantitative estimate of drug-likeness (QED) is 0.689. The minimum Gasteiger partial charge on any atom is -0.452 e. The van der Waals surface area contributed by atoms with Crippen LogP contribution < -0.4 is 4.72 Å². The first-order valence-corrected chi connectivity index (χ1v) is 6.23. The molecule has 0 aromatic rings. The summed E-state index contributed by atoms with van der Waals surface area (Å²) in [7, 11) is -2.79. The van der Waals surface area contributed by atoms with Gasteiger partial charge in [-0.2, -0.15) is 12.7 Å². The molecule has 1 fully saturated rings. The van der Waals surface area contributed by atoms with Crippen LogP contribution in [0.4, 0.5) is 4.79 Å². The summed E-state index contributed by atoms with van der Waals surface area (Å²) >= 11 is 0. The van der Waals surface area contributed by atoms with Crippen molar-refractivity contribution >= 4 is 16.3 Å². The van der Waals surface area contributed by atoms with Crippen LogP contribution in [0.5, 0.6) is 0 Å². The zero-order valence-electron chi connectivity index (χ0n) is 8.97. The lowest BCUT2D eigenvalue weighted by atomic mass is 10.4. The Morgan fingerprint density at radius 2 is 2.25 bits per heavy atom. The fourth-order valence-corrected chi connectivity index (χ4v) is 2.22. The number of carbonyl (C=O) groups excluding carboxylic acids is 1. The number of hydrogen-bond acceptors (Lipinski definition) is 4. The highest BCUT2D eigenvalue weighted by atomic mass is 32.2. The van der Waals surface area contributed by atoms with Gasteiger partial charge >= 0.3 is 16.3 Å². The number of methoxy groups -OCH3 is 1. The number of hydrogen-bond donors (Lipinski definition) is 1. The van der Waals surface area contributed by atoms with Gasteiger partial charge in [0.15, 0.2) is 0 Å². The molecule has 90 valence electrons. The molecule has 0 heterocycles. The van der Waals surface area contributed by atoms with Gasteiger partial charge in [0, 0.05) is 6.54 Å². The van der Waals surface area contributed by atoms with Gasteiger partial charge in [-0.3, -0.25) is 0 Å². The Hall–Kier alpha value is -1.26. The average molecular weight is 246 g/mol. The van der Waals surface area contributed by atoms with E-state index in [1.165, 1.54) is 0 Å². The molecule has 16 heavy (non-hydrogen) atoms. The van der Waals surface area contributed by atoms with E-state index in [9.17, 15) is 13.2 Å². The third-order valence-electron chi connectivity index (χ3n) is 2.16. The summed E-state index contributed by atoms with van der Waals surface area (Å²) in [5, 5.41) is 0. The summed E-state index contributed by atoms with van der Waals surface area (Å²) in [6.45, 7) is 0.291. The third kappa shape index (κ3) is 3.72. The molecule has 7 heteroatoms. The molecule has 0 saturated heterocycles. The van der Waals surface area contributed by atoms with Crippen molar-refractivity contribution in [1.29, 1.82) is 0 Å². The molecule has 1 aliphatic rings. The van der Waals surface area contributed by atoms with Crippen LogP contribution in [-0.2, 0) is 14.9 Å². The van der Waals surface area contributed by atoms with Crippen LogP contribution in [0.3, 0.4) is 0 Å². The lowest BCUT2D eigenvalue weighted by molar-refractivity contribution is 0.177. The molecule has 0 spiro atoms. The van der Waals surface area contributed by atoms with Crippen molar-refractivity contribution in [2.24, 2.45) is 5.92 Å². The van der Waals surface area contributed by atoms with Gasteiger partial charge in [0.2, 0.25) is 0 Å². The van der Waals surface area contributed by atoms with E-state index in [-0.39, 0.29) is 6.54 Å². The van der Waals surface area contributed by atoms with Crippen molar-refractivity contribution in [3.05, 3.63) is 0 Å². The highest BCUT2D eigenvalue weighted by molar-refractivity contribution is 7.87. The van der Waals surface area contributed by atoms with Crippen LogP contribution >= 0.6 is 0 Å². The zero-order chi connectivity index (χ0) is 12.2. The molecule has 1 rings (SSSR count). The molecule has 0 aliphatic heterocycles. The molecule has 0 atom stereocenters. The van der Waals surface area contributed by atoms with Crippen molar-refractivity contribution < 1.29 is 17.9 Å². The molecule has 0 aromatic heterocycles. The summed E-state index contributed by atoms with van der Waals surface area (Å²) in [4.78, 5) is 10.8. The maximum Gasteiger partial charge on any atom is 0.421 e. The van der Waals surface area contributed by atoms with E-state index in [1.807, 2.05) is 0 Å². The second-order valence-electron chi connectivity index (χ2n) is 3.54. The SMILES string of the molecule is C#CCN(CC1CC1)S(=O)(=O)NC(=O)OC. The van der Waals surface area contributed by atoms with Gasteiger partial charge in [-0.1, -0.05) is 5.92 Å². The Bertz CT molecular complexity index is 394. The van der Waals surface area contributed by atoms with Crippen molar-refractivity contribution in [2.75, 3.05) is 20.2 Å². The largest absolute Gasteiger partial charge is 0.452 e. The first-order chi connectivity index (χ1) is 7.49. The summed E-state index contributed by atoms with van der Waals surface area (Å²) in [5.41, 5.74) is 0. The predicted molar refractivity (Wildman–Crippen MR) is 57.6 cm³/mol. The van der Waals surface area contributed by atoms with Crippen molar-refractivity contribution in [3.63, 3.8) is 0 Å². The third-order valence-corrected chi connectivity index (χ3v) is 3.55. The molecule has 1 N–H and O–H groups in total. The first-order valence-electron chi connectivity index (χ1n) is 4.79.